The second-order valence-electron chi connectivity index (χ2n) is 4.35. The molecule has 0 saturated heterocycles. The summed E-state index contributed by atoms with van der Waals surface area (Å²) < 4.78 is 0. The van der Waals surface area contributed by atoms with Gasteiger partial charge in [0.05, 0.1) is 12.1 Å². The van der Waals surface area contributed by atoms with Crippen molar-refractivity contribution in [3.05, 3.63) is 35.4 Å². The van der Waals surface area contributed by atoms with Crippen LogP contribution in [0.4, 0.5) is 0 Å². The van der Waals surface area contributed by atoms with Crippen LogP contribution in [-0.2, 0) is 5.54 Å². The highest BCUT2D eigenvalue weighted by molar-refractivity contribution is 5.93. The van der Waals surface area contributed by atoms with Gasteiger partial charge in [-0.25, -0.2) is 0 Å². The maximum Gasteiger partial charge on any atom is 0.253 e. The van der Waals surface area contributed by atoms with E-state index < -0.39 is 5.54 Å². The fraction of sp³-hybridized carbons (Fsp3) is 0.417. The molecule has 0 fully saturated rings. The van der Waals surface area contributed by atoms with Gasteiger partial charge in [0.25, 0.3) is 5.91 Å². The summed E-state index contributed by atoms with van der Waals surface area (Å²) in [6.07, 6.45) is 0. The van der Waals surface area contributed by atoms with Crippen LogP contribution in [-0.4, -0.2) is 36.6 Å². The summed E-state index contributed by atoms with van der Waals surface area (Å²) in [6, 6.07) is 6.98. The number of aliphatic hydroxyl groups is 1. The summed E-state index contributed by atoms with van der Waals surface area (Å²) in [7, 11) is 3.41. The highest BCUT2D eigenvalue weighted by Gasteiger charge is 2.20. The summed E-state index contributed by atoms with van der Waals surface area (Å²) in [5.74, 6) is -0.0470. The van der Waals surface area contributed by atoms with Crippen molar-refractivity contribution in [3.8, 4) is 0 Å². The second kappa shape index (κ2) is 4.63. The molecule has 1 atom stereocenters. The molecule has 88 valence electrons. The van der Waals surface area contributed by atoms with Gasteiger partial charge >= 0.3 is 0 Å². The monoisotopic (exact) mass is 222 g/mol. The van der Waals surface area contributed by atoms with Crippen LogP contribution in [0.1, 0.15) is 22.8 Å². The number of benzene rings is 1. The van der Waals surface area contributed by atoms with Gasteiger partial charge in [0, 0.05) is 19.7 Å². The van der Waals surface area contributed by atoms with Crippen molar-refractivity contribution in [3.63, 3.8) is 0 Å². The molecule has 0 heterocycles. The second-order valence-corrected chi connectivity index (χ2v) is 4.35. The minimum atomic E-state index is -0.764. The van der Waals surface area contributed by atoms with Crippen LogP contribution >= 0.6 is 0 Å². The zero-order chi connectivity index (χ0) is 12.3. The molecule has 0 spiro atoms. The molecule has 4 heteroatoms. The Morgan fingerprint density at radius 3 is 2.25 bits per heavy atom. The number of hydrogen-bond acceptors (Lipinski definition) is 3. The molecular formula is C12H18N2O2. The SMILES string of the molecule is CN(C)C(=O)c1ccc(C(C)(N)CO)cc1. The molecule has 4 nitrogen and oxygen atoms in total. The Balaban J connectivity index is 2.96. The Kier molecular flexibility index (Phi) is 3.67. The van der Waals surface area contributed by atoms with Gasteiger partial charge in [-0.05, 0) is 24.6 Å². The lowest BCUT2D eigenvalue weighted by atomic mass is 9.93. The highest BCUT2D eigenvalue weighted by Crippen LogP contribution is 2.17. The van der Waals surface area contributed by atoms with Crippen LogP contribution in [0.5, 0.6) is 0 Å². The summed E-state index contributed by atoms with van der Waals surface area (Å²) in [6.45, 7) is 1.61. The Labute approximate surface area is 95.7 Å². The number of rotatable bonds is 3. The van der Waals surface area contributed by atoms with E-state index in [-0.39, 0.29) is 12.5 Å². The third kappa shape index (κ3) is 2.59. The van der Waals surface area contributed by atoms with Gasteiger partial charge in [0.2, 0.25) is 0 Å². The fourth-order valence-corrected chi connectivity index (χ4v) is 1.34. The Morgan fingerprint density at radius 2 is 1.88 bits per heavy atom. The molecule has 0 aliphatic rings. The van der Waals surface area contributed by atoms with Crippen molar-refractivity contribution in [2.45, 2.75) is 12.5 Å². The molecule has 1 rings (SSSR count). The largest absolute Gasteiger partial charge is 0.394 e. The summed E-state index contributed by atoms with van der Waals surface area (Å²) >= 11 is 0. The quantitative estimate of drug-likeness (QED) is 0.785. The highest BCUT2D eigenvalue weighted by atomic mass is 16.3. The van der Waals surface area contributed by atoms with Gasteiger partial charge < -0.3 is 15.7 Å². The molecular weight excluding hydrogens is 204 g/mol. The molecule has 1 aromatic carbocycles. The number of aliphatic hydroxyl groups excluding tert-OH is 1. The third-order valence-corrected chi connectivity index (χ3v) is 2.53. The van der Waals surface area contributed by atoms with Gasteiger partial charge in [-0.3, -0.25) is 4.79 Å². The van der Waals surface area contributed by atoms with Crippen molar-refractivity contribution in [2.75, 3.05) is 20.7 Å². The molecule has 0 aliphatic heterocycles. The van der Waals surface area contributed by atoms with Crippen molar-refractivity contribution in [1.29, 1.82) is 0 Å². The lowest BCUT2D eigenvalue weighted by Crippen LogP contribution is -2.36. The normalized spacial score (nSPS) is 14.3. The average molecular weight is 222 g/mol. The van der Waals surface area contributed by atoms with E-state index in [4.69, 9.17) is 10.8 Å². The molecule has 3 N–H and O–H groups in total. The maximum absolute atomic E-state index is 11.6. The molecule has 0 bridgehead atoms. The first kappa shape index (κ1) is 12.7. The molecule has 1 unspecified atom stereocenters. The van der Waals surface area contributed by atoms with E-state index in [1.807, 2.05) is 0 Å². The first-order valence-corrected chi connectivity index (χ1v) is 5.10. The van der Waals surface area contributed by atoms with Gasteiger partial charge in [-0.1, -0.05) is 12.1 Å². The first-order valence-electron chi connectivity index (χ1n) is 5.10. The number of carbonyl (C=O) groups is 1. The van der Waals surface area contributed by atoms with Crippen LogP contribution in [0.2, 0.25) is 0 Å². The van der Waals surface area contributed by atoms with E-state index in [1.165, 1.54) is 4.90 Å². The number of carbonyl (C=O) groups excluding carboxylic acids is 1. The predicted octanol–water partition coefficient (Wildman–Crippen LogP) is 0.555. The number of nitrogens with two attached hydrogens (primary N) is 1. The van der Waals surface area contributed by atoms with Crippen LogP contribution < -0.4 is 5.73 Å². The average Bonchev–Trinajstić information content (AvgIpc) is 2.28. The van der Waals surface area contributed by atoms with Crippen molar-refractivity contribution in [2.24, 2.45) is 5.73 Å². The first-order chi connectivity index (χ1) is 7.38. The summed E-state index contributed by atoms with van der Waals surface area (Å²) in [4.78, 5) is 13.1. The van der Waals surface area contributed by atoms with Crippen LogP contribution in [0.25, 0.3) is 0 Å². The van der Waals surface area contributed by atoms with Crippen LogP contribution in [0.15, 0.2) is 24.3 Å². The molecule has 0 radical (unpaired) electrons. The third-order valence-electron chi connectivity index (χ3n) is 2.53. The lowest BCUT2D eigenvalue weighted by Gasteiger charge is -2.22. The van der Waals surface area contributed by atoms with Crippen molar-refractivity contribution < 1.29 is 9.90 Å². The smallest absolute Gasteiger partial charge is 0.253 e. The molecule has 0 saturated carbocycles. The van der Waals surface area contributed by atoms with E-state index in [1.54, 1.807) is 45.3 Å². The van der Waals surface area contributed by atoms with Gasteiger partial charge in [-0.15, -0.1) is 0 Å². The van der Waals surface area contributed by atoms with Crippen LogP contribution in [0.3, 0.4) is 0 Å². The van der Waals surface area contributed by atoms with E-state index in [2.05, 4.69) is 0 Å². The van der Waals surface area contributed by atoms with Crippen molar-refractivity contribution in [1.82, 2.24) is 4.90 Å². The predicted molar refractivity (Wildman–Crippen MR) is 63.1 cm³/mol. The van der Waals surface area contributed by atoms with Crippen LogP contribution in [0, 0.1) is 0 Å². The zero-order valence-electron chi connectivity index (χ0n) is 9.90. The van der Waals surface area contributed by atoms with Gasteiger partial charge in [0.15, 0.2) is 0 Å². The number of amides is 1. The zero-order valence-corrected chi connectivity index (χ0v) is 9.90. The standard InChI is InChI=1S/C12H18N2O2/c1-12(13,8-15)10-6-4-9(5-7-10)11(16)14(2)3/h4-7,15H,8,13H2,1-3H3. The van der Waals surface area contributed by atoms with E-state index in [9.17, 15) is 4.79 Å². The maximum atomic E-state index is 11.6. The Morgan fingerprint density at radius 1 is 1.38 bits per heavy atom. The molecule has 0 aromatic heterocycles. The Hall–Kier alpha value is -1.39. The molecule has 1 aromatic rings. The number of hydrogen-bond donors (Lipinski definition) is 2. The summed E-state index contributed by atoms with van der Waals surface area (Å²) in [5, 5.41) is 9.11. The van der Waals surface area contributed by atoms with Gasteiger partial charge in [-0.2, -0.15) is 0 Å². The summed E-state index contributed by atoms with van der Waals surface area (Å²) in [5.41, 5.74) is 6.54. The lowest BCUT2D eigenvalue weighted by molar-refractivity contribution is 0.0827. The number of nitrogens with zero attached hydrogens (tertiary/aromatic N) is 1. The van der Waals surface area contributed by atoms with Gasteiger partial charge in [0.1, 0.15) is 0 Å². The minimum Gasteiger partial charge on any atom is -0.394 e. The minimum absolute atomic E-state index is 0.0470. The topological polar surface area (TPSA) is 66.6 Å². The molecule has 16 heavy (non-hydrogen) atoms. The molecule has 0 aliphatic carbocycles. The van der Waals surface area contributed by atoms with Crippen molar-refractivity contribution >= 4 is 5.91 Å². The Bertz CT molecular complexity index is 369. The van der Waals surface area contributed by atoms with E-state index in [0.717, 1.165) is 5.56 Å². The van der Waals surface area contributed by atoms with E-state index in [0.29, 0.717) is 5.56 Å². The molecule has 1 amide bonds. The fourth-order valence-electron chi connectivity index (χ4n) is 1.34. The van der Waals surface area contributed by atoms with E-state index >= 15 is 0 Å².